The van der Waals surface area contributed by atoms with E-state index in [1.807, 2.05) is 6.07 Å². The molecule has 2 aromatic carbocycles. The Kier molecular flexibility index (Phi) is 5.55. The number of Topliss-reactive ketones (excluding diaryl/α,β-unsaturated/α-hetero) is 1. The van der Waals surface area contributed by atoms with Crippen molar-refractivity contribution in [3.8, 4) is 5.75 Å². The van der Waals surface area contributed by atoms with Crippen LogP contribution in [0, 0.1) is 0 Å². The standard InChI is InChI=1S/C17H16ClNO3/c1-22-16-9-7-13(18)11-14(16)19-17(21)10-8-15(20)12-5-3-2-4-6-12/h2-7,9,11H,8,10H2,1H3,(H,19,21). The molecular weight excluding hydrogens is 302 g/mol. The lowest BCUT2D eigenvalue weighted by Crippen LogP contribution is -2.14. The molecule has 0 atom stereocenters. The summed E-state index contributed by atoms with van der Waals surface area (Å²) in [7, 11) is 1.51. The number of carbonyl (C=O) groups is 2. The van der Waals surface area contributed by atoms with Gasteiger partial charge in [-0.25, -0.2) is 0 Å². The summed E-state index contributed by atoms with van der Waals surface area (Å²) in [5.74, 6) is 0.200. The van der Waals surface area contributed by atoms with E-state index in [1.165, 1.54) is 7.11 Å². The van der Waals surface area contributed by atoms with Crippen LogP contribution in [-0.4, -0.2) is 18.8 Å². The van der Waals surface area contributed by atoms with E-state index in [0.717, 1.165) is 0 Å². The second kappa shape index (κ2) is 7.61. The molecule has 4 nitrogen and oxygen atoms in total. The van der Waals surface area contributed by atoms with E-state index in [0.29, 0.717) is 22.0 Å². The summed E-state index contributed by atoms with van der Waals surface area (Å²) in [6, 6.07) is 13.9. The predicted molar refractivity (Wildman–Crippen MR) is 86.6 cm³/mol. The molecule has 0 aliphatic heterocycles. The van der Waals surface area contributed by atoms with Crippen LogP contribution in [0.2, 0.25) is 5.02 Å². The van der Waals surface area contributed by atoms with Gasteiger partial charge in [0.1, 0.15) is 5.75 Å². The van der Waals surface area contributed by atoms with Crippen molar-refractivity contribution < 1.29 is 14.3 Å². The fraction of sp³-hybridized carbons (Fsp3) is 0.176. The Morgan fingerprint density at radius 3 is 2.50 bits per heavy atom. The van der Waals surface area contributed by atoms with E-state index in [-0.39, 0.29) is 24.5 Å². The van der Waals surface area contributed by atoms with Gasteiger partial charge in [0.15, 0.2) is 5.78 Å². The van der Waals surface area contributed by atoms with Gasteiger partial charge in [-0.3, -0.25) is 9.59 Å². The van der Waals surface area contributed by atoms with Crippen molar-refractivity contribution in [1.82, 2.24) is 0 Å². The van der Waals surface area contributed by atoms with Gasteiger partial charge in [0.25, 0.3) is 0 Å². The fourth-order valence-electron chi connectivity index (χ4n) is 1.99. The highest BCUT2D eigenvalue weighted by Crippen LogP contribution is 2.27. The molecule has 2 rings (SSSR count). The van der Waals surface area contributed by atoms with E-state index in [4.69, 9.17) is 16.3 Å². The van der Waals surface area contributed by atoms with Crippen molar-refractivity contribution in [3.05, 3.63) is 59.1 Å². The van der Waals surface area contributed by atoms with Crippen LogP contribution in [0.25, 0.3) is 0 Å². The summed E-state index contributed by atoms with van der Waals surface area (Å²) in [4.78, 5) is 23.9. The van der Waals surface area contributed by atoms with Crippen molar-refractivity contribution in [1.29, 1.82) is 0 Å². The molecule has 0 spiro atoms. The Bertz CT molecular complexity index is 671. The van der Waals surface area contributed by atoms with Crippen LogP contribution in [0.4, 0.5) is 5.69 Å². The lowest BCUT2D eigenvalue weighted by atomic mass is 10.1. The predicted octanol–water partition coefficient (Wildman–Crippen LogP) is 3.95. The maximum Gasteiger partial charge on any atom is 0.224 e. The van der Waals surface area contributed by atoms with Crippen LogP contribution < -0.4 is 10.1 Å². The molecule has 0 radical (unpaired) electrons. The van der Waals surface area contributed by atoms with Gasteiger partial charge >= 0.3 is 0 Å². The summed E-state index contributed by atoms with van der Waals surface area (Å²) in [6.07, 6.45) is 0.252. The van der Waals surface area contributed by atoms with E-state index in [2.05, 4.69) is 5.32 Å². The third-order valence-electron chi connectivity index (χ3n) is 3.11. The quantitative estimate of drug-likeness (QED) is 0.821. The van der Waals surface area contributed by atoms with E-state index < -0.39 is 0 Å². The third kappa shape index (κ3) is 4.33. The van der Waals surface area contributed by atoms with Crippen molar-refractivity contribution in [2.24, 2.45) is 0 Å². The summed E-state index contributed by atoms with van der Waals surface area (Å²) in [5.41, 5.74) is 1.10. The number of rotatable bonds is 6. The zero-order valence-corrected chi connectivity index (χ0v) is 12.9. The lowest BCUT2D eigenvalue weighted by Gasteiger charge is -2.10. The highest BCUT2D eigenvalue weighted by atomic mass is 35.5. The first-order valence-corrected chi connectivity index (χ1v) is 7.19. The van der Waals surface area contributed by atoms with Crippen LogP contribution >= 0.6 is 11.6 Å². The number of carbonyl (C=O) groups excluding carboxylic acids is 2. The van der Waals surface area contributed by atoms with Gasteiger partial charge in [-0.2, -0.15) is 0 Å². The average Bonchev–Trinajstić information content (AvgIpc) is 2.53. The molecule has 0 heterocycles. The SMILES string of the molecule is COc1ccc(Cl)cc1NC(=O)CCC(=O)c1ccccc1. The van der Waals surface area contributed by atoms with Crippen LogP contribution in [0.5, 0.6) is 5.75 Å². The molecule has 0 bridgehead atoms. The van der Waals surface area contributed by atoms with Gasteiger partial charge in [0, 0.05) is 23.4 Å². The fourth-order valence-corrected chi connectivity index (χ4v) is 2.16. The topological polar surface area (TPSA) is 55.4 Å². The average molecular weight is 318 g/mol. The Balaban J connectivity index is 1.94. The summed E-state index contributed by atoms with van der Waals surface area (Å²) in [5, 5.41) is 3.21. The van der Waals surface area contributed by atoms with Crippen molar-refractivity contribution in [2.45, 2.75) is 12.8 Å². The monoisotopic (exact) mass is 317 g/mol. The molecule has 2 aromatic rings. The Labute approximate surface area is 134 Å². The van der Waals surface area contributed by atoms with Gasteiger partial charge < -0.3 is 10.1 Å². The minimum absolute atomic E-state index is 0.0613. The molecule has 0 saturated heterocycles. The number of amides is 1. The molecule has 0 saturated carbocycles. The van der Waals surface area contributed by atoms with Crippen LogP contribution in [0.15, 0.2) is 48.5 Å². The van der Waals surface area contributed by atoms with Crippen LogP contribution in [0.3, 0.4) is 0 Å². The summed E-state index contributed by atoms with van der Waals surface area (Å²) >= 11 is 5.90. The molecule has 1 N–H and O–H groups in total. The van der Waals surface area contributed by atoms with Crippen molar-refractivity contribution >= 4 is 29.0 Å². The maximum absolute atomic E-state index is 12.0. The maximum atomic E-state index is 12.0. The number of benzene rings is 2. The molecule has 5 heteroatoms. The number of hydrogen-bond acceptors (Lipinski definition) is 3. The minimum atomic E-state index is -0.259. The zero-order valence-electron chi connectivity index (χ0n) is 12.1. The van der Waals surface area contributed by atoms with Crippen LogP contribution in [0.1, 0.15) is 23.2 Å². The number of methoxy groups -OCH3 is 1. The second-order valence-corrected chi connectivity index (χ2v) is 5.12. The molecule has 0 fully saturated rings. The molecule has 22 heavy (non-hydrogen) atoms. The number of anilines is 1. The summed E-state index contributed by atoms with van der Waals surface area (Å²) in [6.45, 7) is 0. The third-order valence-corrected chi connectivity index (χ3v) is 3.35. The molecule has 0 unspecified atom stereocenters. The van der Waals surface area contributed by atoms with Crippen molar-refractivity contribution in [2.75, 3.05) is 12.4 Å². The lowest BCUT2D eigenvalue weighted by molar-refractivity contribution is -0.116. The number of halogens is 1. The minimum Gasteiger partial charge on any atom is -0.495 e. The Morgan fingerprint density at radius 1 is 1.09 bits per heavy atom. The van der Waals surface area contributed by atoms with E-state index in [1.54, 1.807) is 42.5 Å². The normalized spacial score (nSPS) is 10.1. The largest absolute Gasteiger partial charge is 0.495 e. The molecule has 114 valence electrons. The first kappa shape index (κ1) is 16.0. The molecule has 0 aromatic heterocycles. The molecule has 0 aliphatic carbocycles. The smallest absolute Gasteiger partial charge is 0.224 e. The number of nitrogens with one attached hydrogen (secondary N) is 1. The molecular formula is C17H16ClNO3. The van der Waals surface area contributed by atoms with Crippen LogP contribution in [-0.2, 0) is 4.79 Å². The summed E-state index contributed by atoms with van der Waals surface area (Å²) < 4.78 is 5.16. The second-order valence-electron chi connectivity index (χ2n) is 4.68. The van der Waals surface area contributed by atoms with Gasteiger partial charge in [-0.05, 0) is 18.2 Å². The number of ether oxygens (including phenoxy) is 1. The van der Waals surface area contributed by atoms with E-state index >= 15 is 0 Å². The highest BCUT2D eigenvalue weighted by molar-refractivity contribution is 6.31. The molecule has 1 amide bonds. The van der Waals surface area contributed by atoms with E-state index in [9.17, 15) is 9.59 Å². The van der Waals surface area contributed by atoms with Crippen molar-refractivity contribution in [3.63, 3.8) is 0 Å². The number of hydrogen-bond donors (Lipinski definition) is 1. The van der Waals surface area contributed by atoms with Gasteiger partial charge in [0.2, 0.25) is 5.91 Å². The molecule has 0 aliphatic rings. The Hall–Kier alpha value is -2.33. The first-order chi connectivity index (χ1) is 10.6. The number of ketones is 1. The van der Waals surface area contributed by atoms with Gasteiger partial charge in [0.05, 0.1) is 12.8 Å². The highest BCUT2D eigenvalue weighted by Gasteiger charge is 2.11. The zero-order chi connectivity index (χ0) is 15.9. The first-order valence-electron chi connectivity index (χ1n) is 6.82. The Morgan fingerprint density at radius 2 is 1.82 bits per heavy atom. The van der Waals surface area contributed by atoms with Gasteiger partial charge in [-0.15, -0.1) is 0 Å². The van der Waals surface area contributed by atoms with Gasteiger partial charge in [-0.1, -0.05) is 41.9 Å².